The van der Waals surface area contributed by atoms with E-state index in [0.717, 1.165) is 53.7 Å². The molecule has 0 saturated heterocycles. The molecule has 4 heterocycles. The molecule has 256 valence electrons. The summed E-state index contributed by atoms with van der Waals surface area (Å²) in [4.78, 5) is 3.45. The summed E-state index contributed by atoms with van der Waals surface area (Å²) in [6.07, 6.45) is 23.3. The fourth-order valence-corrected chi connectivity index (χ4v) is 8.73. The zero-order valence-corrected chi connectivity index (χ0v) is 30.3. The SMILES string of the molecule is C=CCNS(=O)(=O)CC[n+]1c(/C=C/C2=C(n3cccc3)C(=C/C=C3\C=Cc4cc(C)cc5c4N3CC5)/CCC2)ccc2cc(SOC)ccc21. The van der Waals surface area contributed by atoms with E-state index in [2.05, 4.69) is 124 Å². The van der Waals surface area contributed by atoms with E-state index in [-0.39, 0.29) is 12.3 Å². The Hall–Kier alpha value is -4.41. The molecule has 0 bridgehead atoms. The number of anilines is 1. The Kier molecular flexibility index (Phi) is 10.1. The van der Waals surface area contributed by atoms with Crippen LogP contribution in [0.15, 0.2) is 126 Å². The van der Waals surface area contributed by atoms with Gasteiger partial charge in [-0.15, -0.1) is 6.58 Å². The van der Waals surface area contributed by atoms with E-state index in [1.54, 1.807) is 13.2 Å². The van der Waals surface area contributed by atoms with Gasteiger partial charge in [0.25, 0.3) is 0 Å². The number of rotatable bonds is 12. The highest BCUT2D eigenvalue weighted by Crippen LogP contribution is 2.40. The van der Waals surface area contributed by atoms with Crippen LogP contribution < -0.4 is 14.2 Å². The summed E-state index contributed by atoms with van der Waals surface area (Å²) < 4.78 is 37.9. The molecule has 2 aromatic heterocycles. The normalized spacial score (nSPS) is 17.5. The second kappa shape index (κ2) is 14.8. The topological polar surface area (TPSA) is 67.5 Å². The molecule has 50 heavy (non-hydrogen) atoms. The van der Waals surface area contributed by atoms with Crippen LogP contribution in [0.3, 0.4) is 0 Å². The van der Waals surface area contributed by atoms with Crippen molar-refractivity contribution in [3.05, 3.63) is 143 Å². The van der Waals surface area contributed by atoms with Gasteiger partial charge in [-0.3, -0.25) is 0 Å². The van der Waals surface area contributed by atoms with E-state index in [0.29, 0.717) is 6.54 Å². The fraction of sp³-hybridized carbons (Fsp3) is 0.244. The average molecular weight is 704 g/mol. The number of aromatic nitrogens is 2. The van der Waals surface area contributed by atoms with Crippen LogP contribution in [0.1, 0.15) is 41.6 Å². The van der Waals surface area contributed by atoms with Crippen molar-refractivity contribution < 1.29 is 17.2 Å². The summed E-state index contributed by atoms with van der Waals surface area (Å²) in [5, 5.41) is 1.02. The fourth-order valence-electron chi connectivity index (χ4n) is 7.30. The third-order valence-electron chi connectivity index (χ3n) is 9.50. The summed E-state index contributed by atoms with van der Waals surface area (Å²) in [6.45, 7) is 7.33. The van der Waals surface area contributed by atoms with Crippen molar-refractivity contribution in [3.8, 4) is 0 Å². The van der Waals surface area contributed by atoms with Crippen LogP contribution >= 0.6 is 12.0 Å². The van der Waals surface area contributed by atoms with E-state index in [1.807, 2.05) is 12.1 Å². The summed E-state index contributed by atoms with van der Waals surface area (Å²) in [5.74, 6) is -0.0457. The third kappa shape index (κ3) is 7.23. The Morgan fingerprint density at radius 3 is 2.70 bits per heavy atom. The highest BCUT2D eigenvalue weighted by Gasteiger charge is 2.27. The molecular formula is C41H43N4O3S2+. The molecule has 0 unspecified atom stereocenters. The molecule has 4 aromatic rings. The van der Waals surface area contributed by atoms with Crippen LogP contribution in [0.25, 0.3) is 28.8 Å². The summed E-state index contributed by atoms with van der Waals surface area (Å²) in [7, 11) is -1.84. The molecule has 0 atom stereocenters. The van der Waals surface area contributed by atoms with E-state index in [4.69, 9.17) is 4.18 Å². The second-order valence-corrected chi connectivity index (χ2v) is 15.8. The Balaban J connectivity index is 1.26. The molecule has 7 nitrogen and oxygen atoms in total. The molecule has 0 saturated carbocycles. The lowest BCUT2D eigenvalue weighted by Gasteiger charge is -2.27. The number of hydrogen-bond donors (Lipinski definition) is 1. The number of fused-ring (bicyclic) bond motifs is 1. The predicted octanol–water partition coefficient (Wildman–Crippen LogP) is 8.00. The summed E-state index contributed by atoms with van der Waals surface area (Å²) in [5.41, 5.74) is 12.3. The maximum absolute atomic E-state index is 12.8. The highest BCUT2D eigenvalue weighted by molar-refractivity contribution is 7.94. The van der Waals surface area contributed by atoms with Gasteiger partial charge in [0.15, 0.2) is 6.54 Å². The number of allylic oxidation sites excluding steroid dienone is 7. The second-order valence-electron chi connectivity index (χ2n) is 12.9. The van der Waals surface area contributed by atoms with Gasteiger partial charge in [-0.05, 0) is 103 Å². The van der Waals surface area contributed by atoms with Crippen LogP contribution in [0, 0.1) is 6.92 Å². The van der Waals surface area contributed by atoms with Crippen LogP contribution in [0.4, 0.5) is 5.69 Å². The van der Waals surface area contributed by atoms with Crippen molar-refractivity contribution in [2.24, 2.45) is 0 Å². The Labute approximate surface area is 299 Å². The highest BCUT2D eigenvalue weighted by atomic mass is 32.2. The number of nitrogens with zero attached hydrogens (tertiary/aromatic N) is 3. The van der Waals surface area contributed by atoms with Crippen molar-refractivity contribution in [1.82, 2.24) is 9.29 Å². The molecule has 3 aliphatic rings. The maximum Gasteiger partial charge on any atom is 0.218 e. The van der Waals surface area contributed by atoms with Crippen LogP contribution in [0.2, 0.25) is 0 Å². The van der Waals surface area contributed by atoms with E-state index < -0.39 is 10.0 Å². The largest absolute Gasteiger partial charge is 0.340 e. The van der Waals surface area contributed by atoms with Crippen molar-refractivity contribution in [1.29, 1.82) is 0 Å². The van der Waals surface area contributed by atoms with Crippen LogP contribution in [-0.4, -0.2) is 38.9 Å². The molecule has 0 radical (unpaired) electrons. The Morgan fingerprint density at radius 1 is 1.02 bits per heavy atom. The molecule has 1 N–H and O–H groups in total. The lowest BCUT2D eigenvalue weighted by Crippen LogP contribution is -2.43. The first-order valence-electron chi connectivity index (χ1n) is 17.1. The molecule has 1 aliphatic carbocycles. The Morgan fingerprint density at radius 2 is 1.88 bits per heavy atom. The molecule has 0 fully saturated rings. The van der Waals surface area contributed by atoms with Crippen LogP contribution in [0.5, 0.6) is 0 Å². The molecule has 0 amide bonds. The van der Waals surface area contributed by atoms with Gasteiger partial charge in [-0.25, -0.2) is 13.1 Å². The van der Waals surface area contributed by atoms with Gasteiger partial charge in [-0.2, -0.15) is 4.57 Å². The third-order valence-corrected chi connectivity index (χ3v) is 11.4. The number of nitrogens with one attached hydrogen (secondary N) is 1. The van der Waals surface area contributed by atoms with Crippen LogP contribution in [-0.2, 0) is 27.2 Å². The average Bonchev–Trinajstić information content (AvgIpc) is 3.80. The molecule has 0 spiro atoms. The first-order chi connectivity index (χ1) is 24.3. The van der Waals surface area contributed by atoms with Gasteiger partial charge >= 0.3 is 0 Å². The summed E-state index contributed by atoms with van der Waals surface area (Å²) >= 11 is 1.31. The van der Waals surface area contributed by atoms with Gasteiger partial charge in [0.1, 0.15) is 5.75 Å². The molecule has 2 aliphatic heterocycles. The van der Waals surface area contributed by atoms with Crippen molar-refractivity contribution >= 4 is 56.5 Å². The van der Waals surface area contributed by atoms with Gasteiger partial charge in [0.2, 0.25) is 21.2 Å². The predicted molar refractivity (Wildman–Crippen MR) is 207 cm³/mol. The monoisotopic (exact) mass is 703 g/mol. The Bertz CT molecular complexity index is 2210. The van der Waals surface area contributed by atoms with Crippen molar-refractivity contribution in [2.45, 2.75) is 44.0 Å². The number of benzene rings is 2. The lowest BCUT2D eigenvalue weighted by atomic mass is 9.90. The first-order valence-corrected chi connectivity index (χ1v) is 19.5. The van der Waals surface area contributed by atoms with E-state index in [1.165, 1.54) is 57.0 Å². The minimum absolute atomic E-state index is 0.0457. The molecule has 2 aromatic carbocycles. The zero-order chi connectivity index (χ0) is 34.7. The van der Waals surface area contributed by atoms with Gasteiger partial charge in [0, 0.05) is 71.7 Å². The van der Waals surface area contributed by atoms with Crippen molar-refractivity contribution in [2.75, 3.05) is 30.9 Å². The molecule has 7 rings (SSSR count). The maximum atomic E-state index is 12.8. The van der Waals surface area contributed by atoms with E-state index >= 15 is 0 Å². The number of pyridine rings is 1. The van der Waals surface area contributed by atoms with Gasteiger partial charge < -0.3 is 13.7 Å². The lowest BCUT2D eigenvalue weighted by molar-refractivity contribution is -0.668. The zero-order valence-electron chi connectivity index (χ0n) is 28.6. The summed E-state index contributed by atoms with van der Waals surface area (Å²) in [6, 6.07) is 19.0. The first kappa shape index (κ1) is 34.1. The van der Waals surface area contributed by atoms with Gasteiger partial charge in [0.05, 0.1) is 18.5 Å². The molecule has 9 heteroatoms. The minimum Gasteiger partial charge on any atom is -0.340 e. The standard InChI is InChI=1S/C41H43N4O3S2/c1-4-21-42-50(46,47)26-25-44-36(16-12-33-29-38(49-48-3)18-19-39(33)44)14-10-31-8-7-9-32(40(31)43-22-5-6-23-43)11-15-37-17-13-34-27-30(2)28-35-20-24-45(37)41(34)35/h4-6,10-19,22-23,27-29,42H,1,7-9,20-21,24-26H2,2-3H3/q+1. The molecular weight excluding hydrogens is 661 g/mol. The number of hydrogen-bond acceptors (Lipinski definition) is 5. The minimum atomic E-state index is -3.49. The smallest absolute Gasteiger partial charge is 0.218 e. The van der Waals surface area contributed by atoms with Crippen molar-refractivity contribution in [3.63, 3.8) is 0 Å². The number of sulfonamides is 1. The quantitative estimate of drug-likeness (QED) is 0.0921. The van der Waals surface area contributed by atoms with E-state index in [9.17, 15) is 8.42 Å². The van der Waals surface area contributed by atoms with Gasteiger partial charge in [-0.1, -0.05) is 35.9 Å². The number of aryl methyl sites for hydroxylation is 2.